The van der Waals surface area contributed by atoms with Gasteiger partial charge < -0.3 is 13.8 Å². The average Bonchev–Trinajstić information content (AvgIpc) is 3.44. The lowest BCUT2D eigenvalue weighted by molar-refractivity contribution is 0.391. The molecule has 0 spiro atoms. The van der Waals surface area contributed by atoms with E-state index in [1.807, 2.05) is 42.5 Å². The Hall–Kier alpha value is -3.20. The van der Waals surface area contributed by atoms with Crippen LogP contribution in [0.15, 0.2) is 58.3 Å². The van der Waals surface area contributed by atoms with Crippen LogP contribution in [0.25, 0.3) is 22.9 Å². The summed E-state index contributed by atoms with van der Waals surface area (Å²) in [5.41, 5.74) is 1.69. The van der Waals surface area contributed by atoms with Gasteiger partial charge in [0.05, 0.1) is 12.9 Å². The monoisotopic (exact) mass is 422 g/mol. The molecule has 0 N–H and O–H groups in total. The van der Waals surface area contributed by atoms with Crippen molar-refractivity contribution in [2.24, 2.45) is 0 Å². The summed E-state index contributed by atoms with van der Waals surface area (Å²) in [4.78, 5) is 8.69. The third-order valence-electron chi connectivity index (χ3n) is 4.49. The van der Waals surface area contributed by atoms with Gasteiger partial charge in [-0.3, -0.25) is 4.98 Å². The largest absolute Gasteiger partial charge is 0.497 e. The highest BCUT2D eigenvalue weighted by molar-refractivity contribution is 7.98. The Morgan fingerprint density at radius 1 is 1.10 bits per heavy atom. The van der Waals surface area contributed by atoms with Crippen LogP contribution in [0, 0.1) is 0 Å². The molecule has 0 fully saturated rings. The number of hydrogen-bond donors (Lipinski definition) is 0. The number of pyridine rings is 1. The molecule has 9 heteroatoms. The Morgan fingerprint density at radius 2 is 1.97 bits per heavy atom. The highest BCUT2D eigenvalue weighted by Crippen LogP contribution is 2.28. The standard InChI is InChI=1S/C21H22N6O2S/c1-3-4-13-27-20(15-8-10-16(28-2)11-9-15)24-25-21(27)30-14-18-23-19(26-29-18)17-7-5-6-12-22-17/h5-12H,3-4,13-14H2,1-2H3. The molecule has 0 radical (unpaired) electrons. The van der Waals surface area contributed by atoms with E-state index in [-0.39, 0.29) is 0 Å². The Kier molecular flexibility index (Phi) is 6.38. The molecule has 0 unspecified atom stereocenters. The van der Waals surface area contributed by atoms with Gasteiger partial charge in [0.15, 0.2) is 11.0 Å². The molecule has 0 amide bonds. The number of methoxy groups -OCH3 is 1. The molecule has 4 rings (SSSR count). The van der Waals surface area contributed by atoms with Gasteiger partial charge in [0.25, 0.3) is 0 Å². The van der Waals surface area contributed by atoms with E-state index in [0.29, 0.717) is 23.2 Å². The molecule has 0 saturated carbocycles. The van der Waals surface area contributed by atoms with Crippen molar-refractivity contribution in [3.8, 4) is 28.7 Å². The Morgan fingerprint density at radius 3 is 2.70 bits per heavy atom. The number of rotatable bonds is 9. The van der Waals surface area contributed by atoms with Crippen LogP contribution in [0.3, 0.4) is 0 Å². The Bertz CT molecular complexity index is 1080. The van der Waals surface area contributed by atoms with Crippen LogP contribution < -0.4 is 4.74 Å². The first-order valence-electron chi connectivity index (χ1n) is 9.73. The minimum Gasteiger partial charge on any atom is -0.497 e. The topological polar surface area (TPSA) is 91.8 Å². The highest BCUT2D eigenvalue weighted by Gasteiger charge is 2.16. The summed E-state index contributed by atoms with van der Waals surface area (Å²) in [6, 6.07) is 13.4. The number of unbranched alkanes of at least 4 members (excludes halogenated alkanes) is 1. The number of thioether (sulfide) groups is 1. The predicted octanol–water partition coefficient (Wildman–Crippen LogP) is 4.49. The Labute approximate surface area is 178 Å². The SMILES string of the molecule is CCCCn1c(SCc2nc(-c3ccccn3)no2)nnc1-c1ccc(OC)cc1. The van der Waals surface area contributed by atoms with Crippen molar-refractivity contribution in [1.29, 1.82) is 0 Å². The fourth-order valence-corrected chi connectivity index (χ4v) is 3.71. The van der Waals surface area contributed by atoms with Gasteiger partial charge >= 0.3 is 0 Å². The minimum absolute atomic E-state index is 0.484. The maximum Gasteiger partial charge on any atom is 0.237 e. The molecular weight excluding hydrogens is 400 g/mol. The molecule has 8 nitrogen and oxygen atoms in total. The van der Waals surface area contributed by atoms with Gasteiger partial charge in [-0.05, 0) is 42.8 Å². The van der Waals surface area contributed by atoms with Crippen molar-refractivity contribution < 1.29 is 9.26 Å². The predicted molar refractivity (Wildman–Crippen MR) is 114 cm³/mol. The molecule has 0 aliphatic rings. The summed E-state index contributed by atoms with van der Waals surface area (Å²) < 4.78 is 12.8. The first kappa shape index (κ1) is 20.1. The molecule has 0 saturated heterocycles. The van der Waals surface area contributed by atoms with E-state index in [1.54, 1.807) is 13.3 Å². The first-order chi connectivity index (χ1) is 14.8. The van der Waals surface area contributed by atoms with Crippen molar-refractivity contribution in [1.82, 2.24) is 29.9 Å². The lowest BCUT2D eigenvalue weighted by atomic mass is 10.2. The lowest BCUT2D eigenvalue weighted by Crippen LogP contribution is -2.03. The summed E-state index contributed by atoms with van der Waals surface area (Å²) in [6.45, 7) is 3.01. The van der Waals surface area contributed by atoms with Crippen molar-refractivity contribution in [2.45, 2.75) is 37.2 Å². The molecule has 4 aromatic rings. The van der Waals surface area contributed by atoms with Crippen LogP contribution in [-0.4, -0.2) is 37.0 Å². The second-order valence-corrected chi connectivity index (χ2v) is 7.50. The maximum atomic E-state index is 5.39. The van der Waals surface area contributed by atoms with E-state index in [4.69, 9.17) is 9.26 Å². The van der Waals surface area contributed by atoms with Crippen LogP contribution >= 0.6 is 11.8 Å². The van der Waals surface area contributed by atoms with Crippen molar-refractivity contribution in [2.75, 3.05) is 7.11 Å². The van der Waals surface area contributed by atoms with Crippen LogP contribution in [0.4, 0.5) is 0 Å². The van der Waals surface area contributed by atoms with Gasteiger partial charge in [0, 0.05) is 18.3 Å². The van der Waals surface area contributed by atoms with Gasteiger partial charge in [0.2, 0.25) is 11.7 Å². The van der Waals surface area contributed by atoms with E-state index in [9.17, 15) is 0 Å². The van der Waals surface area contributed by atoms with E-state index in [0.717, 1.165) is 41.7 Å². The lowest BCUT2D eigenvalue weighted by Gasteiger charge is -2.09. The number of nitrogens with zero attached hydrogens (tertiary/aromatic N) is 6. The molecule has 3 heterocycles. The zero-order chi connectivity index (χ0) is 20.8. The van der Waals surface area contributed by atoms with Gasteiger partial charge in [-0.15, -0.1) is 10.2 Å². The molecule has 30 heavy (non-hydrogen) atoms. The van der Waals surface area contributed by atoms with E-state index < -0.39 is 0 Å². The highest BCUT2D eigenvalue weighted by atomic mass is 32.2. The zero-order valence-electron chi connectivity index (χ0n) is 16.9. The van der Waals surface area contributed by atoms with Crippen LogP contribution in [0.1, 0.15) is 25.7 Å². The van der Waals surface area contributed by atoms with E-state index in [1.165, 1.54) is 11.8 Å². The van der Waals surface area contributed by atoms with Gasteiger partial charge in [-0.1, -0.05) is 36.3 Å². The van der Waals surface area contributed by atoms with Crippen LogP contribution in [-0.2, 0) is 12.3 Å². The fraction of sp³-hybridized carbons (Fsp3) is 0.286. The van der Waals surface area contributed by atoms with E-state index >= 15 is 0 Å². The molecule has 0 aliphatic heterocycles. The normalized spacial score (nSPS) is 11.0. The van der Waals surface area contributed by atoms with Gasteiger partial charge in [-0.2, -0.15) is 4.98 Å². The second-order valence-electron chi connectivity index (χ2n) is 6.56. The second kappa shape index (κ2) is 9.53. The molecular formula is C21H22N6O2S. The number of ether oxygens (including phenoxy) is 1. The molecule has 0 atom stereocenters. The number of benzene rings is 1. The van der Waals surface area contributed by atoms with Crippen molar-refractivity contribution >= 4 is 11.8 Å². The summed E-state index contributed by atoms with van der Waals surface area (Å²) >= 11 is 1.53. The van der Waals surface area contributed by atoms with Gasteiger partial charge in [0.1, 0.15) is 11.4 Å². The Balaban J connectivity index is 1.52. The third kappa shape index (κ3) is 4.51. The molecule has 1 aromatic carbocycles. The first-order valence-corrected chi connectivity index (χ1v) is 10.7. The fourth-order valence-electron chi connectivity index (χ4n) is 2.91. The van der Waals surface area contributed by atoms with Crippen LogP contribution in [0.2, 0.25) is 0 Å². The van der Waals surface area contributed by atoms with Crippen LogP contribution in [0.5, 0.6) is 5.75 Å². The quantitative estimate of drug-likeness (QED) is 0.364. The molecule has 3 aromatic heterocycles. The third-order valence-corrected chi connectivity index (χ3v) is 5.44. The molecule has 0 aliphatic carbocycles. The molecule has 154 valence electrons. The smallest absolute Gasteiger partial charge is 0.237 e. The minimum atomic E-state index is 0.484. The van der Waals surface area contributed by atoms with E-state index in [2.05, 4.69) is 36.8 Å². The maximum absolute atomic E-state index is 5.39. The van der Waals surface area contributed by atoms with Gasteiger partial charge in [-0.25, -0.2) is 0 Å². The molecule has 0 bridgehead atoms. The van der Waals surface area contributed by atoms with Crippen molar-refractivity contribution in [3.63, 3.8) is 0 Å². The number of hydrogen-bond acceptors (Lipinski definition) is 8. The zero-order valence-corrected chi connectivity index (χ0v) is 17.7. The summed E-state index contributed by atoms with van der Waals surface area (Å²) in [5.74, 6) is 3.17. The summed E-state index contributed by atoms with van der Waals surface area (Å²) in [6.07, 6.45) is 3.83. The average molecular weight is 423 g/mol. The number of aromatic nitrogens is 6. The van der Waals surface area contributed by atoms with Crippen molar-refractivity contribution in [3.05, 3.63) is 54.6 Å². The summed E-state index contributed by atoms with van der Waals surface area (Å²) in [7, 11) is 1.66. The summed E-state index contributed by atoms with van der Waals surface area (Å²) in [5, 5.41) is 13.7.